The third-order valence-corrected chi connectivity index (χ3v) is 4.06. The molecule has 0 bridgehead atoms. The van der Waals surface area contributed by atoms with Gasteiger partial charge in [-0.2, -0.15) is 0 Å². The Labute approximate surface area is 115 Å². The zero-order chi connectivity index (χ0) is 13.8. The number of nitrogens with one attached hydrogen (secondary N) is 2. The van der Waals surface area contributed by atoms with Crippen molar-refractivity contribution >= 4 is 5.91 Å². The highest BCUT2D eigenvalue weighted by Gasteiger charge is 2.30. The highest BCUT2D eigenvalue weighted by atomic mass is 16.2. The van der Waals surface area contributed by atoms with Gasteiger partial charge in [0.25, 0.3) is 0 Å². The molecule has 0 saturated carbocycles. The minimum atomic E-state index is 0.111. The Balaban J connectivity index is 2.02. The predicted molar refractivity (Wildman–Crippen MR) is 77.9 cm³/mol. The lowest BCUT2D eigenvalue weighted by Gasteiger charge is -2.21. The SMILES string of the molecule is CCC(NC(=O)C1CNCC1C)c1ccc(C)cc1. The third kappa shape index (κ3) is 3.35. The number of amides is 1. The molecule has 104 valence electrons. The number of benzene rings is 1. The molecule has 0 radical (unpaired) electrons. The number of hydrogen-bond acceptors (Lipinski definition) is 2. The lowest BCUT2D eigenvalue weighted by molar-refractivity contribution is -0.126. The second kappa shape index (κ2) is 6.20. The predicted octanol–water partition coefficient (Wildman–Crippen LogP) is 2.42. The molecule has 3 unspecified atom stereocenters. The van der Waals surface area contributed by atoms with E-state index in [4.69, 9.17) is 0 Å². The number of hydrogen-bond donors (Lipinski definition) is 2. The first-order valence-corrected chi connectivity index (χ1v) is 7.19. The normalized spacial score (nSPS) is 24.2. The van der Waals surface area contributed by atoms with Crippen molar-refractivity contribution in [1.82, 2.24) is 10.6 Å². The van der Waals surface area contributed by atoms with Crippen LogP contribution < -0.4 is 10.6 Å². The topological polar surface area (TPSA) is 41.1 Å². The number of carbonyl (C=O) groups excluding carboxylic acids is 1. The van der Waals surface area contributed by atoms with Crippen LogP contribution in [0.2, 0.25) is 0 Å². The largest absolute Gasteiger partial charge is 0.349 e. The van der Waals surface area contributed by atoms with Crippen LogP contribution in [0.25, 0.3) is 0 Å². The molecule has 3 atom stereocenters. The van der Waals surface area contributed by atoms with E-state index < -0.39 is 0 Å². The summed E-state index contributed by atoms with van der Waals surface area (Å²) in [6.45, 7) is 8.07. The molecule has 1 saturated heterocycles. The summed E-state index contributed by atoms with van der Waals surface area (Å²) in [6, 6.07) is 8.55. The van der Waals surface area contributed by atoms with Crippen molar-refractivity contribution < 1.29 is 4.79 Å². The lowest BCUT2D eigenvalue weighted by atomic mass is 9.95. The quantitative estimate of drug-likeness (QED) is 0.873. The van der Waals surface area contributed by atoms with Crippen molar-refractivity contribution in [2.24, 2.45) is 11.8 Å². The number of rotatable bonds is 4. The molecule has 0 aromatic heterocycles. The summed E-state index contributed by atoms with van der Waals surface area (Å²) >= 11 is 0. The summed E-state index contributed by atoms with van der Waals surface area (Å²) in [5.74, 6) is 0.722. The fourth-order valence-electron chi connectivity index (χ4n) is 2.66. The van der Waals surface area contributed by atoms with Crippen LogP contribution in [-0.2, 0) is 4.79 Å². The van der Waals surface area contributed by atoms with E-state index in [1.807, 2.05) is 0 Å². The zero-order valence-corrected chi connectivity index (χ0v) is 12.1. The van der Waals surface area contributed by atoms with Crippen LogP contribution in [0.3, 0.4) is 0 Å². The Morgan fingerprint density at radius 2 is 2.05 bits per heavy atom. The smallest absolute Gasteiger partial charge is 0.225 e. The van der Waals surface area contributed by atoms with Gasteiger partial charge in [0.15, 0.2) is 0 Å². The van der Waals surface area contributed by atoms with Gasteiger partial charge < -0.3 is 10.6 Å². The van der Waals surface area contributed by atoms with Crippen molar-refractivity contribution in [2.45, 2.75) is 33.2 Å². The van der Waals surface area contributed by atoms with Crippen LogP contribution >= 0.6 is 0 Å². The zero-order valence-electron chi connectivity index (χ0n) is 12.1. The molecule has 2 N–H and O–H groups in total. The fourth-order valence-corrected chi connectivity index (χ4v) is 2.66. The summed E-state index contributed by atoms with van der Waals surface area (Å²) in [5, 5.41) is 6.48. The van der Waals surface area contributed by atoms with Gasteiger partial charge in [0.2, 0.25) is 5.91 Å². The van der Waals surface area contributed by atoms with Crippen molar-refractivity contribution in [3.8, 4) is 0 Å². The van der Waals surface area contributed by atoms with E-state index in [2.05, 4.69) is 55.7 Å². The second-order valence-electron chi connectivity index (χ2n) is 5.62. The maximum absolute atomic E-state index is 12.3. The van der Waals surface area contributed by atoms with Gasteiger partial charge in [-0.25, -0.2) is 0 Å². The van der Waals surface area contributed by atoms with Gasteiger partial charge in [0, 0.05) is 6.54 Å². The minimum Gasteiger partial charge on any atom is -0.349 e. The Bertz CT molecular complexity index is 427. The van der Waals surface area contributed by atoms with Crippen LogP contribution in [0.15, 0.2) is 24.3 Å². The summed E-state index contributed by atoms with van der Waals surface area (Å²) < 4.78 is 0. The first-order chi connectivity index (χ1) is 9.11. The molecule has 1 fully saturated rings. The molecule has 1 aliphatic heterocycles. The Morgan fingerprint density at radius 3 is 2.58 bits per heavy atom. The van der Waals surface area contributed by atoms with Gasteiger partial charge in [0.1, 0.15) is 0 Å². The van der Waals surface area contributed by atoms with E-state index in [1.54, 1.807) is 0 Å². The van der Waals surface area contributed by atoms with Crippen molar-refractivity contribution in [1.29, 1.82) is 0 Å². The lowest BCUT2D eigenvalue weighted by Crippen LogP contribution is -2.36. The van der Waals surface area contributed by atoms with Crippen molar-refractivity contribution in [3.63, 3.8) is 0 Å². The van der Waals surface area contributed by atoms with Crippen LogP contribution in [0, 0.1) is 18.8 Å². The van der Waals surface area contributed by atoms with Crippen molar-refractivity contribution in [3.05, 3.63) is 35.4 Å². The molecule has 1 aromatic carbocycles. The van der Waals surface area contributed by atoms with Crippen LogP contribution in [0.4, 0.5) is 0 Å². The molecule has 19 heavy (non-hydrogen) atoms. The van der Waals surface area contributed by atoms with Gasteiger partial charge in [-0.15, -0.1) is 0 Å². The molecule has 1 heterocycles. The van der Waals surface area contributed by atoms with E-state index in [1.165, 1.54) is 11.1 Å². The van der Waals surface area contributed by atoms with Gasteiger partial charge in [-0.05, 0) is 31.4 Å². The van der Waals surface area contributed by atoms with Gasteiger partial charge in [-0.1, -0.05) is 43.7 Å². The molecule has 0 spiro atoms. The molecule has 3 heteroatoms. The second-order valence-corrected chi connectivity index (χ2v) is 5.62. The van der Waals surface area contributed by atoms with Gasteiger partial charge in [0.05, 0.1) is 12.0 Å². The summed E-state index contributed by atoms with van der Waals surface area (Å²) in [5.41, 5.74) is 2.44. The summed E-state index contributed by atoms with van der Waals surface area (Å²) in [6.07, 6.45) is 0.920. The highest BCUT2D eigenvalue weighted by Crippen LogP contribution is 2.21. The van der Waals surface area contributed by atoms with E-state index in [9.17, 15) is 4.79 Å². The Hall–Kier alpha value is -1.35. The average Bonchev–Trinajstić information content (AvgIpc) is 2.83. The summed E-state index contributed by atoms with van der Waals surface area (Å²) in [7, 11) is 0. The summed E-state index contributed by atoms with van der Waals surface area (Å²) in [4.78, 5) is 12.3. The highest BCUT2D eigenvalue weighted by molar-refractivity contribution is 5.80. The molecular formula is C16H24N2O. The van der Waals surface area contributed by atoms with E-state index in [0.717, 1.165) is 19.5 Å². The number of carbonyl (C=O) groups is 1. The van der Waals surface area contributed by atoms with Crippen LogP contribution in [-0.4, -0.2) is 19.0 Å². The first kappa shape index (κ1) is 14.1. The van der Waals surface area contributed by atoms with Gasteiger partial charge in [-0.3, -0.25) is 4.79 Å². The minimum absolute atomic E-state index is 0.111. The monoisotopic (exact) mass is 260 g/mol. The van der Waals surface area contributed by atoms with E-state index >= 15 is 0 Å². The van der Waals surface area contributed by atoms with E-state index in [-0.39, 0.29) is 17.9 Å². The number of aryl methyl sites for hydroxylation is 1. The van der Waals surface area contributed by atoms with E-state index in [0.29, 0.717) is 5.92 Å². The molecular weight excluding hydrogens is 236 g/mol. The molecule has 2 rings (SSSR count). The van der Waals surface area contributed by atoms with Crippen LogP contribution in [0.1, 0.15) is 37.4 Å². The Morgan fingerprint density at radius 1 is 1.37 bits per heavy atom. The van der Waals surface area contributed by atoms with Gasteiger partial charge >= 0.3 is 0 Å². The molecule has 0 aliphatic carbocycles. The maximum atomic E-state index is 12.3. The third-order valence-electron chi connectivity index (χ3n) is 4.06. The molecule has 1 amide bonds. The first-order valence-electron chi connectivity index (χ1n) is 7.19. The Kier molecular flexibility index (Phi) is 4.59. The molecule has 1 aliphatic rings. The maximum Gasteiger partial charge on any atom is 0.225 e. The average molecular weight is 260 g/mol. The van der Waals surface area contributed by atoms with Crippen LogP contribution in [0.5, 0.6) is 0 Å². The molecule has 3 nitrogen and oxygen atoms in total. The fraction of sp³-hybridized carbons (Fsp3) is 0.562. The molecule has 1 aromatic rings. The standard InChI is InChI=1S/C16H24N2O/c1-4-15(13-7-5-11(2)6-8-13)18-16(19)14-10-17-9-12(14)3/h5-8,12,14-15,17H,4,9-10H2,1-3H3,(H,18,19). The van der Waals surface area contributed by atoms with Crippen molar-refractivity contribution in [2.75, 3.05) is 13.1 Å².